The van der Waals surface area contributed by atoms with Gasteiger partial charge in [-0.05, 0) is 52.4 Å². The third-order valence-corrected chi connectivity index (χ3v) is 4.07. The lowest BCUT2D eigenvalue weighted by Crippen LogP contribution is -2.46. The van der Waals surface area contributed by atoms with E-state index in [-0.39, 0.29) is 12.5 Å². The van der Waals surface area contributed by atoms with Gasteiger partial charge in [-0.3, -0.25) is 4.79 Å². The van der Waals surface area contributed by atoms with Crippen molar-refractivity contribution in [1.29, 1.82) is 0 Å². The molecule has 0 aromatic carbocycles. The van der Waals surface area contributed by atoms with Gasteiger partial charge in [-0.15, -0.1) is 0 Å². The summed E-state index contributed by atoms with van der Waals surface area (Å²) in [6.07, 6.45) is 3.63. The molecule has 23 heavy (non-hydrogen) atoms. The Morgan fingerprint density at radius 1 is 1.22 bits per heavy atom. The van der Waals surface area contributed by atoms with Crippen molar-refractivity contribution in [3.63, 3.8) is 0 Å². The summed E-state index contributed by atoms with van der Waals surface area (Å²) in [6.45, 7) is 8.55. The van der Waals surface area contributed by atoms with Gasteiger partial charge in [-0.1, -0.05) is 13.3 Å². The van der Waals surface area contributed by atoms with Gasteiger partial charge in [0.15, 0.2) is 0 Å². The van der Waals surface area contributed by atoms with Crippen LogP contribution in [0.15, 0.2) is 0 Å². The highest BCUT2D eigenvalue weighted by molar-refractivity contribution is 5.77. The summed E-state index contributed by atoms with van der Waals surface area (Å²) in [6, 6.07) is 0. The maximum atomic E-state index is 11.9. The van der Waals surface area contributed by atoms with Crippen LogP contribution in [-0.4, -0.2) is 42.5 Å². The molecular formula is C17H31NO5. The van der Waals surface area contributed by atoms with E-state index in [1.54, 1.807) is 20.8 Å². The highest BCUT2D eigenvalue weighted by atomic mass is 16.6. The Balaban J connectivity index is 2.58. The number of carboxylic acid groups (broad SMARTS) is 1. The van der Waals surface area contributed by atoms with Crippen LogP contribution in [0.4, 0.5) is 4.79 Å². The maximum Gasteiger partial charge on any atom is 0.407 e. The molecule has 1 saturated carbocycles. The average Bonchev–Trinajstić information content (AvgIpc) is 3.24. The maximum absolute atomic E-state index is 11.9. The Labute approximate surface area is 138 Å². The zero-order valence-corrected chi connectivity index (χ0v) is 14.8. The van der Waals surface area contributed by atoms with Crippen molar-refractivity contribution >= 4 is 12.1 Å². The molecule has 1 rings (SSSR count). The zero-order valence-electron chi connectivity index (χ0n) is 14.8. The molecule has 0 spiro atoms. The lowest BCUT2D eigenvalue weighted by molar-refractivity contribution is -0.151. The molecule has 0 bridgehead atoms. The predicted octanol–water partition coefficient (Wildman–Crippen LogP) is 3.20. The van der Waals surface area contributed by atoms with Crippen molar-refractivity contribution in [2.75, 3.05) is 19.8 Å². The van der Waals surface area contributed by atoms with Crippen molar-refractivity contribution in [2.45, 2.75) is 65.4 Å². The van der Waals surface area contributed by atoms with E-state index in [4.69, 9.17) is 9.47 Å². The lowest BCUT2D eigenvalue weighted by Gasteiger charge is -2.30. The monoisotopic (exact) mass is 329 g/mol. The second-order valence-electron chi connectivity index (χ2n) is 7.31. The Morgan fingerprint density at radius 2 is 1.87 bits per heavy atom. The van der Waals surface area contributed by atoms with Gasteiger partial charge in [0.2, 0.25) is 0 Å². The van der Waals surface area contributed by atoms with Crippen molar-refractivity contribution in [3.05, 3.63) is 0 Å². The van der Waals surface area contributed by atoms with Crippen LogP contribution in [0.1, 0.15) is 59.8 Å². The number of nitrogens with one attached hydrogen (secondary N) is 1. The molecule has 0 saturated heterocycles. The van der Waals surface area contributed by atoms with Crippen LogP contribution in [0.25, 0.3) is 0 Å². The number of amides is 1. The Morgan fingerprint density at radius 3 is 2.35 bits per heavy atom. The molecule has 6 heteroatoms. The summed E-state index contributed by atoms with van der Waals surface area (Å²) in [5, 5.41) is 12.4. The van der Waals surface area contributed by atoms with Crippen LogP contribution in [0.3, 0.4) is 0 Å². The van der Waals surface area contributed by atoms with E-state index in [9.17, 15) is 14.7 Å². The fourth-order valence-electron chi connectivity index (χ4n) is 2.58. The smallest absolute Gasteiger partial charge is 0.407 e. The standard InChI is InChI=1S/C17H31NO5/c1-5-6-10-22-11-9-17(14(19)20,13-7-8-13)12-18-15(21)23-16(2,3)4/h13H,5-12H2,1-4H3,(H,18,21)(H,19,20). The first-order valence-electron chi connectivity index (χ1n) is 8.49. The number of carbonyl (C=O) groups is 2. The molecule has 6 nitrogen and oxygen atoms in total. The topological polar surface area (TPSA) is 84.9 Å². The van der Waals surface area contributed by atoms with Crippen molar-refractivity contribution in [2.24, 2.45) is 11.3 Å². The van der Waals surface area contributed by atoms with Crippen LogP contribution in [-0.2, 0) is 14.3 Å². The number of carboxylic acids is 1. The first-order valence-corrected chi connectivity index (χ1v) is 8.49. The summed E-state index contributed by atoms with van der Waals surface area (Å²) in [5.41, 5.74) is -1.55. The second kappa shape index (κ2) is 8.52. The minimum absolute atomic E-state index is 0.0824. The van der Waals surface area contributed by atoms with Gasteiger partial charge in [0.1, 0.15) is 5.60 Å². The largest absolute Gasteiger partial charge is 0.481 e. The molecule has 0 aromatic heterocycles. The van der Waals surface area contributed by atoms with Crippen molar-refractivity contribution in [3.8, 4) is 0 Å². The normalized spacial score (nSPS) is 17.4. The first kappa shape index (κ1) is 19.7. The van der Waals surface area contributed by atoms with Crippen molar-refractivity contribution in [1.82, 2.24) is 5.32 Å². The molecule has 1 atom stereocenters. The minimum atomic E-state index is -0.955. The number of ether oxygens (including phenoxy) is 2. The summed E-state index contributed by atoms with van der Waals surface area (Å²) < 4.78 is 10.7. The second-order valence-corrected chi connectivity index (χ2v) is 7.31. The van der Waals surface area contributed by atoms with E-state index in [1.807, 2.05) is 0 Å². The summed E-state index contributed by atoms with van der Waals surface area (Å²) >= 11 is 0. The Kier molecular flexibility index (Phi) is 7.32. The van der Waals surface area contributed by atoms with Gasteiger partial charge < -0.3 is 19.9 Å². The average molecular weight is 329 g/mol. The van der Waals surface area contributed by atoms with E-state index in [0.29, 0.717) is 19.6 Å². The number of unbranched alkanes of at least 4 members (excludes halogenated alkanes) is 1. The van der Waals surface area contributed by atoms with Crippen molar-refractivity contribution < 1.29 is 24.2 Å². The zero-order chi connectivity index (χ0) is 17.5. The number of carbonyl (C=O) groups excluding carboxylic acids is 1. The predicted molar refractivity (Wildman–Crippen MR) is 87.4 cm³/mol. The van der Waals surface area contributed by atoms with Crippen LogP contribution < -0.4 is 5.32 Å². The van der Waals surface area contributed by atoms with Gasteiger partial charge >= 0.3 is 12.1 Å². The highest BCUT2D eigenvalue weighted by Crippen LogP contribution is 2.47. The number of rotatable bonds is 10. The van der Waals surface area contributed by atoms with E-state index in [2.05, 4.69) is 12.2 Å². The van der Waals surface area contributed by atoms with E-state index in [0.717, 1.165) is 25.7 Å². The van der Waals surface area contributed by atoms with E-state index < -0.39 is 23.1 Å². The number of hydrogen-bond acceptors (Lipinski definition) is 4. The van der Waals surface area contributed by atoms with Gasteiger partial charge in [0, 0.05) is 19.8 Å². The molecular weight excluding hydrogens is 298 g/mol. The fourth-order valence-corrected chi connectivity index (χ4v) is 2.58. The van der Waals surface area contributed by atoms with E-state index in [1.165, 1.54) is 0 Å². The fraction of sp³-hybridized carbons (Fsp3) is 0.882. The number of hydrogen-bond donors (Lipinski definition) is 2. The molecule has 1 amide bonds. The van der Waals surface area contributed by atoms with Gasteiger partial charge in [-0.25, -0.2) is 4.79 Å². The molecule has 134 valence electrons. The Bertz CT molecular complexity index is 400. The van der Waals surface area contributed by atoms with Gasteiger partial charge in [0.05, 0.1) is 5.41 Å². The van der Waals surface area contributed by atoms with Gasteiger partial charge in [-0.2, -0.15) is 0 Å². The van der Waals surface area contributed by atoms with E-state index >= 15 is 0 Å². The molecule has 1 fully saturated rings. The molecule has 2 N–H and O–H groups in total. The number of alkyl carbamates (subject to hydrolysis) is 1. The molecule has 0 aromatic rings. The lowest BCUT2D eigenvalue weighted by atomic mass is 9.79. The van der Waals surface area contributed by atoms with Crippen LogP contribution in [0, 0.1) is 11.3 Å². The molecule has 0 heterocycles. The van der Waals surface area contributed by atoms with Crippen LogP contribution in [0.5, 0.6) is 0 Å². The van der Waals surface area contributed by atoms with Gasteiger partial charge in [0.25, 0.3) is 0 Å². The molecule has 1 aliphatic carbocycles. The molecule has 1 aliphatic rings. The first-order chi connectivity index (χ1) is 10.7. The summed E-state index contributed by atoms with van der Waals surface area (Å²) in [5.74, 6) is -0.764. The Hall–Kier alpha value is -1.30. The van der Waals surface area contributed by atoms with Crippen LogP contribution in [0.2, 0.25) is 0 Å². The summed E-state index contributed by atoms with van der Waals surface area (Å²) in [4.78, 5) is 23.7. The third kappa shape index (κ3) is 6.77. The number of aliphatic carboxylic acids is 1. The molecule has 0 aliphatic heterocycles. The highest BCUT2D eigenvalue weighted by Gasteiger charge is 2.51. The SMILES string of the molecule is CCCCOCCC(CNC(=O)OC(C)(C)C)(C(=O)O)C1CC1. The molecule has 0 radical (unpaired) electrons. The summed E-state index contributed by atoms with van der Waals surface area (Å²) in [7, 11) is 0. The van der Waals surface area contributed by atoms with Crippen LogP contribution >= 0.6 is 0 Å². The third-order valence-electron chi connectivity index (χ3n) is 4.07. The minimum Gasteiger partial charge on any atom is -0.481 e. The molecule has 1 unspecified atom stereocenters. The quantitative estimate of drug-likeness (QED) is 0.601.